The predicted octanol–water partition coefficient (Wildman–Crippen LogP) is 6.00. The summed E-state index contributed by atoms with van der Waals surface area (Å²) in [7, 11) is 1.60. The Morgan fingerprint density at radius 1 is 0.778 bits per heavy atom. The number of hydrogen-bond donors (Lipinski definition) is 0. The van der Waals surface area contributed by atoms with Crippen LogP contribution in [0.1, 0.15) is 53.7 Å². The first-order valence-electron chi connectivity index (χ1n) is 12.3. The lowest BCUT2D eigenvalue weighted by molar-refractivity contribution is -0.123. The molecule has 1 heterocycles. The molecule has 0 spiro atoms. The summed E-state index contributed by atoms with van der Waals surface area (Å²) < 4.78 is 17.0. The third-order valence-electron chi connectivity index (χ3n) is 5.89. The summed E-state index contributed by atoms with van der Waals surface area (Å²) in [6.45, 7) is 5.41. The molecule has 0 saturated carbocycles. The minimum atomic E-state index is -0.345. The van der Waals surface area contributed by atoms with Crippen molar-refractivity contribution in [2.75, 3.05) is 20.3 Å². The summed E-state index contributed by atoms with van der Waals surface area (Å²) in [6.07, 6.45) is 3.56. The third-order valence-corrected chi connectivity index (χ3v) is 5.89. The van der Waals surface area contributed by atoms with Gasteiger partial charge in [0, 0.05) is 22.8 Å². The summed E-state index contributed by atoms with van der Waals surface area (Å²) in [5, 5.41) is 0. The highest BCUT2D eigenvalue weighted by atomic mass is 16.5. The molecule has 0 unspecified atom stereocenters. The highest BCUT2D eigenvalue weighted by Crippen LogP contribution is 2.34. The first-order valence-corrected chi connectivity index (χ1v) is 12.3. The van der Waals surface area contributed by atoms with Crippen molar-refractivity contribution in [1.82, 2.24) is 4.90 Å². The van der Waals surface area contributed by atoms with Crippen molar-refractivity contribution >= 4 is 23.5 Å². The molecule has 3 aromatic rings. The van der Waals surface area contributed by atoms with Gasteiger partial charge in [0.1, 0.15) is 17.2 Å². The maximum atomic E-state index is 13.7. The van der Waals surface area contributed by atoms with Gasteiger partial charge in [-0.3, -0.25) is 14.5 Å². The standard InChI is InChI=1S/C30H31NO5/c1-4-16-35-24-15-12-22(28(19-24)36-17-5-2)18-27-25-8-6-7-9-26(25)29(32)31(30(27)33)20-21-10-13-23(34-3)14-11-21/h6-15,18-19H,4-5,16-17,20H2,1-3H3. The van der Waals surface area contributed by atoms with Crippen molar-refractivity contribution in [3.8, 4) is 17.2 Å². The monoisotopic (exact) mass is 485 g/mol. The van der Waals surface area contributed by atoms with Crippen LogP contribution in [0.25, 0.3) is 11.6 Å². The van der Waals surface area contributed by atoms with Crippen LogP contribution in [-0.2, 0) is 11.3 Å². The average Bonchev–Trinajstić information content (AvgIpc) is 2.92. The molecular formula is C30H31NO5. The Labute approximate surface area is 212 Å². The lowest BCUT2D eigenvalue weighted by Crippen LogP contribution is -2.41. The molecule has 0 aromatic heterocycles. The Bertz CT molecular complexity index is 1260. The Morgan fingerprint density at radius 2 is 1.44 bits per heavy atom. The summed E-state index contributed by atoms with van der Waals surface area (Å²) in [6, 6.07) is 20.2. The zero-order valence-electron chi connectivity index (χ0n) is 21.0. The maximum Gasteiger partial charge on any atom is 0.261 e. The van der Waals surface area contributed by atoms with Crippen molar-refractivity contribution in [3.05, 3.63) is 89.0 Å². The van der Waals surface area contributed by atoms with Gasteiger partial charge in [0.25, 0.3) is 11.8 Å². The number of hydrogen-bond acceptors (Lipinski definition) is 5. The normalized spacial score (nSPS) is 14.1. The molecule has 0 bridgehead atoms. The van der Waals surface area contributed by atoms with Gasteiger partial charge in [0.15, 0.2) is 0 Å². The molecule has 0 aliphatic carbocycles. The van der Waals surface area contributed by atoms with Crippen LogP contribution in [0.4, 0.5) is 0 Å². The lowest BCUT2D eigenvalue weighted by atomic mass is 9.91. The number of rotatable bonds is 10. The minimum Gasteiger partial charge on any atom is -0.497 e. The second-order valence-corrected chi connectivity index (χ2v) is 8.54. The van der Waals surface area contributed by atoms with E-state index in [9.17, 15) is 9.59 Å². The van der Waals surface area contributed by atoms with Crippen LogP contribution in [0.3, 0.4) is 0 Å². The quantitative estimate of drug-likeness (QED) is 0.260. The number of amides is 2. The van der Waals surface area contributed by atoms with Crippen molar-refractivity contribution in [1.29, 1.82) is 0 Å². The van der Waals surface area contributed by atoms with Crippen LogP contribution >= 0.6 is 0 Å². The van der Waals surface area contributed by atoms with Crippen LogP contribution in [0.5, 0.6) is 17.2 Å². The summed E-state index contributed by atoms with van der Waals surface area (Å²) >= 11 is 0. The average molecular weight is 486 g/mol. The van der Waals surface area contributed by atoms with Gasteiger partial charge in [0.2, 0.25) is 0 Å². The number of fused-ring (bicyclic) bond motifs is 1. The number of benzene rings is 3. The minimum absolute atomic E-state index is 0.163. The van der Waals surface area contributed by atoms with E-state index in [-0.39, 0.29) is 18.4 Å². The molecule has 1 aliphatic heterocycles. The van der Waals surface area contributed by atoms with E-state index < -0.39 is 0 Å². The van der Waals surface area contributed by atoms with Crippen molar-refractivity contribution in [2.24, 2.45) is 0 Å². The Morgan fingerprint density at radius 3 is 2.14 bits per heavy atom. The molecule has 0 fully saturated rings. The number of nitrogens with zero attached hydrogens (tertiary/aromatic N) is 1. The van der Waals surface area contributed by atoms with Crippen molar-refractivity contribution in [3.63, 3.8) is 0 Å². The maximum absolute atomic E-state index is 13.7. The van der Waals surface area contributed by atoms with Gasteiger partial charge in [-0.25, -0.2) is 0 Å². The Hall–Kier alpha value is -4.06. The van der Waals surface area contributed by atoms with E-state index in [0.29, 0.717) is 41.4 Å². The van der Waals surface area contributed by atoms with E-state index in [4.69, 9.17) is 14.2 Å². The molecule has 0 atom stereocenters. The highest BCUT2D eigenvalue weighted by Gasteiger charge is 2.34. The molecule has 0 N–H and O–H groups in total. The molecule has 36 heavy (non-hydrogen) atoms. The molecule has 2 amide bonds. The molecular weight excluding hydrogens is 454 g/mol. The molecule has 4 rings (SSSR count). The number of carbonyl (C=O) groups excluding carboxylic acids is 2. The second-order valence-electron chi connectivity index (χ2n) is 8.54. The lowest BCUT2D eigenvalue weighted by Gasteiger charge is -2.29. The summed E-state index contributed by atoms with van der Waals surface area (Å²) in [4.78, 5) is 28.3. The highest BCUT2D eigenvalue weighted by molar-refractivity contribution is 6.33. The Balaban J connectivity index is 1.74. The SMILES string of the molecule is CCCOc1ccc(C=C2C(=O)N(Cc3ccc(OC)cc3)C(=O)c3ccccc32)c(OCCC)c1. The fraction of sp³-hybridized carbons (Fsp3) is 0.267. The van der Waals surface area contributed by atoms with E-state index >= 15 is 0 Å². The first kappa shape index (κ1) is 25.0. The van der Waals surface area contributed by atoms with Crippen LogP contribution in [0.2, 0.25) is 0 Å². The van der Waals surface area contributed by atoms with Gasteiger partial charge < -0.3 is 14.2 Å². The smallest absolute Gasteiger partial charge is 0.261 e. The van der Waals surface area contributed by atoms with E-state index in [2.05, 4.69) is 6.92 Å². The number of imide groups is 1. The number of ether oxygens (including phenoxy) is 3. The van der Waals surface area contributed by atoms with E-state index in [1.165, 1.54) is 4.90 Å². The Kier molecular flexibility index (Phi) is 8.06. The van der Waals surface area contributed by atoms with Gasteiger partial charge in [-0.15, -0.1) is 0 Å². The molecule has 0 radical (unpaired) electrons. The molecule has 1 aliphatic rings. The first-order chi connectivity index (χ1) is 17.5. The molecule has 186 valence electrons. The number of carbonyl (C=O) groups is 2. The molecule has 6 nitrogen and oxygen atoms in total. The van der Waals surface area contributed by atoms with Gasteiger partial charge in [-0.1, -0.05) is 44.2 Å². The van der Waals surface area contributed by atoms with Gasteiger partial charge in [-0.2, -0.15) is 0 Å². The largest absolute Gasteiger partial charge is 0.497 e. The fourth-order valence-corrected chi connectivity index (χ4v) is 4.04. The van der Waals surface area contributed by atoms with Gasteiger partial charge in [-0.05, 0) is 60.4 Å². The van der Waals surface area contributed by atoms with Crippen LogP contribution in [0, 0.1) is 0 Å². The second kappa shape index (κ2) is 11.6. The summed E-state index contributed by atoms with van der Waals surface area (Å²) in [5.41, 5.74) is 3.15. The van der Waals surface area contributed by atoms with Crippen molar-refractivity contribution in [2.45, 2.75) is 33.2 Å². The van der Waals surface area contributed by atoms with Crippen LogP contribution in [0.15, 0.2) is 66.7 Å². The number of methoxy groups -OCH3 is 1. The van der Waals surface area contributed by atoms with E-state index in [1.54, 1.807) is 13.2 Å². The predicted molar refractivity (Wildman–Crippen MR) is 140 cm³/mol. The van der Waals surface area contributed by atoms with E-state index in [0.717, 1.165) is 29.7 Å². The van der Waals surface area contributed by atoms with Crippen LogP contribution in [-0.4, -0.2) is 37.0 Å². The van der Waals surface area contributed by atoms with Gasteiger partial charge >= 0.3 is 0 Å². The van der Waals surface area contributed by atoms with Gasteiger partial charge in [0.05, 0.1) is 26.9 Å². The topological polar surface area (TPSA) is 65.1 Å². The van der Waals surface area contributed by atoms with Crippen molar-refractivity contribution < 1.29 is 23.8 Å². The molecule has 6 heteroatoms. The summed E-state index contributed by atoms with van der Waals surface area (Å²) in [5.74, 6) is 1.42. The zero-order chi connectivity index (χ0) is 25.5. The third kappa shape index (κ3) is 5.43. The molecule has 3 aromatic carbocycles. The zero-order valence-corrected chi connectivity index (χ0v) is 21.0. The molecule has 0 saturated heterocycles. The van der Waals surface area contributed by atoms with Crippen LogP contribution < -0.4 is 14.2 Å². The van der Waals surface area contributed by atoms with E-state index in [1.807, 2.05) is 73.7 Å². The fourth-order valence-electron chi connectivity index (χ4n) is 4.04.